The Labute approximate surface area is 128 Å². The fraction of sp³-hybridized carbons (Fsp3) is 0.250. The Bertz CT molecular complexity index is 632. The lowest BCUT2D eigenvalue weighted by atomic mass is 10.2. The van der Waals surface area contributed by atoms with E-state index in [4.69, 9.17) is 11.6 Å². The van der Waals surface area contributed by atoms with Crippen LogP contribution in [0.25, 0.3) is 0 Å². The monoisotopic (exact) mass is 301 g/mol. The highest BCUT2D eigenvalue weighted by Crippen LogP contribution is 2.23. The summed E-state index contributed by atoms with van der Waals surface area (Å²) < 4.78 is 0. The molecular weight excluding hydrogens is 286 g/mol. The molecule has 3 rings (SSSR count). The Morgan fingerprint density at radius 1 is 1.33 bits per heavy atom. The van der Waals surface area contributed by atoms with Crippen LogP contribution in [0.5, 0.6) is 0 Å². The largest absolute Gasteiger partial charge is 0.369 e. The SMILES string of the molecule is O=C(NC1CCN(c2cccc(Cl)c2)C1)c1cccnc1. The van der Waals surface area contributed by atoms with E-state index in [1.807, 2.05) is 24.3 Å². The van der Waals surface area contributed by atoms with E-state index in [1.54, 1.807) is 24.5 Å². The van der Waals surface area contributed by atoms with Crippen LogP contribution in [0.3, 0.4) is 0 Å². The van der Waals surface area contributed by atoms with Crippen LogP contribution in [-0.4, -0.2) is 30.0 Å². The van der Waals surface area contributed by atoms with Gasteiger partial charge in [-0.25, -0.2) is 0 Å². The van der Waals surface area contributed by atoms with Crippen LogP contribution in [-0.2, 0) is 0 Å². The van der Waals surface area contributed by atoms with Crippen molar-refractivity contribution in [2.24, 2.45) is 0 Å². The highest BCUT2D eigenvalue weighted by molar-refractivity contribution is 6.30. The zero-order valence-electron chi connectivity index (χ0n) is 11.5. The molecule has 2 heterocycles. The van der Waals surface area contributed by atoms with Crippen LogP contribution in [0.1, 0.15) is 16.8 Å². The molecule has 1 atom stereocenters. The van der Waals surface area contributed by atoms with Gasteiger partial charge in [-0.1, -0.05) is 17.7 Å². The van der Waals surface area contributed by atoms with Gasteiger partial charge in [-0.15, -0.1) is 0 Å². The van der Waals surface area contributed by atoms with Crippen molar-refractivity contribution in [2.45, 2.75) is 12.5 Å². The van der Waals surface area contributed by atoms with Crippen molar-refractivity contribution in [3.63, 3.8) is 0 Å². The molecular formula is C16H16ClN3O. The Hall–Kier alpha value is -2.07. The molecule has 4 nitrogen and oxygen atoms in total. The number of hydrogen-bond donors (Lipinski definition) is 1. The molecule has 21 heavy (non-hydrogen) atoms. The maximum atomic E-state index is 12.1. The summed E-state index contributed by atoms with van der Waals surface area (Å²) in [6, 6.07) is 11.5. The minimum atomic E-state index is -0.0685. The maximum Gasteiger partial charge on any atom is 0.253 e. The van der Waals surface area contributed by atoms with Gasteiger partial charge in [0.25, 0.3) is 5.91 Å². The lowest BCUT2D eigenvalue weighted by molar-refractivity contribution is 0.0940. The number of pyridine rings is 1. The summed E-state index contributed by atoms with van der Waals surface area (Å²) in [6.45, 7) is 1.71. The number of nitrogens with one attached hydrogen (secondary N) is 1. The van der Waals surface area contributed by atoms with E-state index < -0.39 is 0 Å². The molecule has 5 heteroatoms. The van der Waals surface area contributed by atoms with Crippen molar-refractivity contribution >= 4 is 23.2 Å². The second-order valence-electron chi connectivity index (χ2n) is 5.13. The van der Waals surface area contributed by atoms with Gasteiger partial charge in [0.15, 0.2) is 0 Å². The van der Waals surface area contributed by atoms with Crippen molar-refractivity contribution in [1.29, 1.82) is 0 Å². The van der Waals surface area contributed by atoms with Gasteiger partial charge in [0, 0.05) is 42.2 Å². The highest BCUT2D eigenvalue weighted by atomic mass is 35.5. The van der Waals surface area contributed by atoms with E-state index in [-0.39, 0.29) is 11.9 Å². The van der Waals surface area contributed by atoms with Crippen molar-refractivity contribution < 1.29 is 4.79 Å². The summed E-state index contributed by atoms with van der Waals surface area (Å²) in [5.74, 6) is -0.0685. The summed E-state index contributed by atoms with van der Waals surface area (Å²) in [5.41, 5.74) is 1.69. The molecule has 1 aliphatic rings. The smallest absolute Gasteiger partial charge is 0.253 e. The summed E-state index contributed by atoms with van der Waals surface area (Å²) in [7, 11) is 0. The number of halogens is 1. The second-order valence-corrected chi connectivity index (χ2v) is 5.56. The summed E-state index contributed by atoms with van der Waals surface area (Å²) in [5, 5.41) is 3.79. The fourth-order valence-electron chi connectivity index (χ4n) is 2.55. The number of aromatic nitrogens is 1. The van der Waals surface area contributed by atoms with Crippen molar-refractivity contribution in [3.05, 3.63) is 59.4 Å². The molecule has 0 radical (unpaired) electrons. The maximum absolute atomic E-state index is 12.1. The van der Waals surface area contributed by atoms with E-state index in [0.717, 1.165) is 30.2 Å². The molecule has 0 spiro atoms. The lowest BCUT2D eigenvalue weighted by Gasteiger charge is -2.19. The third-order valence-corrected chi connectivity index (χ3v) is 3.86. The predicted octanol–water partition coefficient (Wildman–Crippen LogP) is 2.74. The standard InChI is InChI=1S/C16H16ClN3O/c17-13-4-1-5-15(9-13)20-8-6-14(11-20)19-16(21)12-3-2-7-18-10-12/h1-5,7,9-10,14H,6,8,11H2,(H,19,21). The molecule has 0 bridgehead atoms. The molecule has 1 aliphatic heterocycles. The molecule has 1 amide bonds. The van der Waals surface area contributed by atoms with Crippen LogP contribution in [0, 0.1) is 0 Å². The molecule has 1 fully saturated rings. The first kappa shape index (κ1) is 13.9. The zero-order valence-corrected chi connectivity index (χ0v) is 12.3. The number of nitrogens with zero attached hydrogens (tertiary/aromatic N) is 2. The first-order chi connectivity index (χ1) is 10.2. The predicted molar refractivity (Wildman–Crippen MR) is 83.8 cm³/mol. The minimum absolute atomic E-state index is 0.0685. The van der Waals surface area contributed by atoms with Gasteiger partial charge in [-0.2, -0.15) is 0 Å². The normalized spacial score (nSPS) is 17.8. The van der Waals surface area contributed by atoms with Crippen molar-refractivity contribution in [1.82, 2.24) is 10.3 Å². The quantitative estimate of drug-likeness (QED) is 0.948. The van der Waals surface area contributed by atoms with E-state index in [1.165, 1.54) is 0 Å². The van der Waals surface area contributed by atoms with Gasteiger partial charge in [0.1, 0.15) is 0 Å². The van der Waals surface area contributed by atoms with Crippen LogP contribution < -0.4 is 10.2 Å². The molecule has 1 aromatic carbocycles. The molecule has 2 aromatic rings. The van der Waals surface area contributed by atoms with Crippen LogP contribution >= 0.6 is 11.6 Å². The second kappa shape index (κ2) is 6.14. The third-order valence-electron chi connectivity index (χ3n) is 3.62. The van der Waals surface area contributed by atoms with E-state index in [0.29, 0.717) is 5.56 Å². The topological polar surface area (TPSA) is 45.2 Å². The Morgan fingerprint density at radius 3 is 3.00 bits per heavy atom. The number of hydrogen-bond acceptors (Lipinski definition) is 3. The summed E-state index contributed by atoms with van der Waals surface area (Å²) in [6.07, 6.45) is 4.17. The number of carbonyl (C=O) groups excluding carboxylic acids is 1. The van der Waals surface area contributed by atoms with Gasteiger partial charge in [-0.05, 0) is 36.8 Å². The van der Waals surface area contributed by atoms with Gasteiger partial charge in [-0.3, -0.25) is 9.78 Å². The fourth-order valence-corrected chi connectivity index (χ4v) is 2.74. The van der Waals surface area contributed by atoms with Gasteiger partial charge in [0.05, 0.1) is 5.56 Å². The molecule has 0 aliphatic carbocycles. The molecule has 108 valence electrons. The summed E-state index contributed by atoms with van der Waals surface area (Å²) >= 11 is 6.02. The van der Waals surface area contributed by atoms with Crippen LogP contribution in [0.2, 0.25) is 5.02 Å². The Morgan fingerprint density at radius 2 is 2.24 bits per heavy atom. The number of benzene rings is 1. The van der Waals surface area contributed by atoms with Gasteiger partial charge < -0.3 is 10.2 Å². The van der Waals surface area contributed by atoms with Crippen molar-refractivity contribution in [3.8, 4) is 0 Å². The average Bonchev–Trinajstić information content (AvgIpc) is 2.97. The van der Waals surface area contributed by atoms with Crippen LogP contribution in [0.15, 0.2) is 48.8 Å². The number of amides is 1. The first-order valence-electron chi connectivity index (χ1n) is 6.94. The number of carbonyl (C=O) groups is 1. The Balaban J connectivity index is 1.61. The highest BCUT2D eigenvalue weighted by Gasteiger charge is 2.24. The van der Waals surface area contributed by atoms with E-state index >= 15 is 0 Å². The molecule has 1 unspecified atom stereocenters. The van der Waals surface area contributed by atoms with Crippen LogP contribution in [0.4, 0.5) is 5.69 Å². The Kier molecular flexibility index (Phi) is 4.06. The van der Waals surface area contributed by atoms with Crippen molar-refractivity contribution in [2.75, 3.05) is 18.0 Å². The lowest BCUT2D eigenvalue weighted by Crippen LogP contribution is -2.37. The molecule has 1 saturated heterocycles. The molecule has 1 aromatic heterocycles. The number of rotatable bonds is 3. The summed E-state index contributed by atoms with van der Waals surface area (Å²) in [4.78, 5) is 18.3. The van der Waals surface area contributed by atoms with Gasteiger partial charge >= 0.3 is 0 Å². The van der Waals surface area contributed by atoms with E-state index in [9.17, 15) is 4.79 Å². The molecule has 1 N–H and O–H groups in total. The average molecular weight is 302 g/mol. The number of anilines is 1. The first-order valence-corrected chi connectivity index (χ1v) is 7.31. The zero-order chi connectivity index (χ0) is 14.7. The molecule has 0 saturated carbocycles. The van der Waals surface area contributed by atoms with Gasteiger partial charge in [0.2, 0.25) is 0 Å². The third kappa shape index (κ3) is 3.34. The van der Waals surface area contributed by atoms with E-state index in [2.05, 4.69) is 15.2 Å². The minimum Gasteiger partial charge on any atom is -0.369 e.